The Balaban J connectivity index is 2.42. The molecule has 0 aliphatic carbocycles. The molecule has 0 amide bonds. The maximum Gasteiger partial charge on any atom is 0.351 e. The SMILES string of the molecule is C[C@@]1(N)C(O)[C@@H](CO)O[C@@H]1n1ccc(N)nc1=O. The molecular formula is C10H16N4O4. The smallest absolute Gasteiger partial charge is 0.351 e. The van der Waals surface area contributed by atoms with E-state index in [9.17, 15) is 9.90 Å². The van der Waals surface area contributed by atoms with Crippen LogP contribution in [0.1, 0.15) is 13.2 Å². The van der Waals surface area contributed by atoms with E-state index >= 15 is 0 Å². The molecule has 2 heterocycles. The quantitative estimate of drug-likeness (QED) is 0.471. The van der Waals surface area contributed by atoms with Crippen LogP contribution >= 0.6 is 0 Å². The molecule has 0 saturated carbocycles. The van der Waals surface area contributed by atoms with Gasteiger partial charge in [0.05, 0.1) is 12.1 Å². The van der Waals surface area contributed by atoms with Crippen LogP contribution < -0.4 is 17.2 Å². The standard InChI is InChI=1S/C10H16N4O4/c1-10(12)7(16)5(4-15)18-8(10)14-3-2-6(11)13-9(14)17/h2-3,5,7-8,15-16H,4,12H2,1H3,(H2,11,13,17)/t5-,7?,8+,10-/m1/s1. The molecule has 1 unspecified atom stereocenters. The molecule has 4 atom stereocenters. The molecule has 1 aliphatic heterocycles. The first-order valence-corrected chi connectivity index (χ1v) is 5.46. The van der Waals surface area contributed by atoms with Crippen LogP contribution in [0.3, 0.4) is 0 Å². The Kier molecular flexibility index (Phi) is 3.11. The summed E-state index contributed by atoms with van der Waals surface area (Å²) in [5, 5.41) is 19.0. The van der Waals surface area contributed by atoms with E-state index in [-0.39, 0.29) is 12.4 Å². The Morgan fingerprint density at radius 2 is 2.33 bits per heavy atom. The van der Waals surface area contributed by atoms with Crippen molar-refractivity contribution in [1.29, 1.82) is 0 Å². The Morgan fingerprint density at radius 1 is 1.67 bits per heavy atom. The molecule has 1 aromatic heterocycles. The number of nitrogen functional groups attached to an aromatic ring is 1. The first kappa shape index (κ1) is 13.0. The van der Waals surface area contributed by atoms with Crippen LogP contribution in [0.25, 0.3) is 0 Å². The molecule has 1 saturated heterocycles. The fraction of sp³-hybridized carbons (Fsp3) is 0.600. The first-order chi connectivity index (χ1) is 8.37. The molecule has 1 aliphatic rings. The first-order valence-electron chi connectivity index (χ1n) is 5.46. The van der Waals surface area contributed by atoms with Gasteiger partial charge >= 0.3 is 5.69 Å². The van der Waals surface area contributed by atoms with E-state index in [4.69, 9.17) is 21.3 Å². The number of aliphatic hydroxyl groups excluding tert-OH is 2. The summed E-state index contributed by atoms with van der Waals surface area (Å²) in [6, 6.07) is 1.43. The Bertz CT molecular complexity index is 501. The molecule has 6 N–H and O–H groups in total. The lowest BCUT2D eigenvalue weighted by Crippen LogP contribution is -2.53. The summed E-state index contributed by atoms with van der Waals surface area (Å²) in [6.07, 6.45) is -1.44. The predicted molar refractivity (Wildman–Crippen MR) is 62.5 cm³/mol. The molecule has 100 valence electrons. The van der Waals surface area contributed by atoms with Gasteiger partial charge in [0, 0.05) is 6.20 Å². The Morgan fingerprint density at radius 3 is 2.83 bits per heavy atom. The summed E-state index contributed by atoms with van der Waals surface area (Å²) < 4.78 is 6.55. The molecule has 18 heavy (non-hydrogen) atoms. The van der Waals surface area contributed by atoms with Crippen LogP contribution in [-0.4, -0.2) is 44.1 Å². The molecule has 8 nitrogen and oxygen atoms in total. The van der Waals surface area contributed by atoms with Crippen molar-refractivity contribution in [2.24, 2.45) is 5.73 Å². The van der Waals surface area contributed by atoms with Gasteiger partial charge in [0.2, 0.25) is 0 Å². The van der Waals surface area contributed by atoms with Crippen molar-refractivity contribution >= 4 is 5.82 Å². The van der Waals surface area contributed by atoms with Gasteiger partial charge in [-0.15, -0.1) is 0 Å². The van der Waals surface area contributed by atoms with Crippen molar-refractivity contribution in [2.75, 3.05) is 12.3 Å². The van der Waals surface area contributed by atoms with E-state index in [1.165, 1.54) is 12.3 Å². The molecule has 1 fully saturated rings. The molecule has 2 rings (SSSR count). The number of aromatic nitrogens is 2. The second-order valence-corrected chi connectivity index (χ2v) is 4.56. The second kappa shape index (κ2) is 4.32. The molecule has 0 bridgehead atoms. The largest absolute Gasteiger partial charge is 0.394 e. The molecule has 0 aromatic carbocycles. The lowest BCUT2D eigenvalue weighted by molar-refractivity contribution is -0.0486. The van der Waals surface area contributed by atoms with E-state index in [0.717, 1.165) is 4.57 Å². The number of ether oxygens (including phenoxy) is 1. The van der Waals surface area contributed by atoms with Crippen molar-refractivity contribution in [3.63, 3.8) is 0 Å². The van der Waals surface area contributed by atoms with Gasteiger partial charge in [-0.25, -0.2) is 4.79 Å². The van der Waals surface area contributed by atoms with Crippen molar-refractivity contribution in [2.45, 2.75) is 30.9 Å². The minimum atomic E-state index is -1.21. The van der Waals surface area contributed by atoms with Crippen molar-refractivity contribution in [3.05, 3.63) is 22.7 Å². The minimum absolute atomic E-state index is 0.0900. The zero-order valence-electron chi connectivity index (χ0n) is 9.85. The molecule has 0 radical (unpaired) electrons. The number of hydrogen-bond donors (Lipinski definition) is 4. The van der Waals surface area contributed by atoms with E-state index < -0.39 is 29.7 Å². The van der Waals surface area contributed by atoms with Crippen LogP contribution in [0, 0.1) is 0 Å². The average molecular weight is 256 g/mol. The summed E-state index contributed by atoms with van der Waals surface area (Å²) in [6.45, 7) is 1.16. The normalized spacial score (nSPS) is 35.9. The van der Waals surface area contributed by atoms with Crippen LogP contribution in [-0.2, 0) is 4.74 Å². The van der Waals surface area contributed by atoms with Gasteiger partial charge in [-0.1, -0.05) is 0 Å². The number of rotatable bonds is 2. The summed E-state index contributed by atoms with van der Waals surface area (Å²) in [4.78, 5) is 15.3. The topological polar surface area (TPSA) is 137 Å². The van der Waals surface area contributed by atoms with Gasteiger partial charge in [-0.05, 0) is 13.0 Å². The third-order valence-electron chi connectivity index (χ3n) is 3.11. The number of anilines is 1. The number of nitrogens with zero attached hydrogens (tertiary/aromatic N) is 2. The van der Waals surface area contributed by atoms with Crippen molar-refractivity contribution in [1.82, 2.24) is 9.55 Å². The van der Waals surface area contributed by atoms with E-state index in [1.54, 1.807) is 6.92 Å². The maximum absolute atomic E-state index is 11.7. The number of nitrogens with two attached hydrogens (primary N) is 2. The van der Waals surface area contributed by atoms with E-state index in [2.05, 4.69) is 4.98 Å². The highest BCUT2D eigenvalue weighted by atomic mass is 16.5. The summed E-state index contributed by atoms with van der Waals surface area (Å²) in [5.41, 5.74) is 9.52. The number of aliphatic hydroxyl groups is 2. The Labute approximate surface area is 103 Å². The highest BCUT2D eigenvalue weighted by Gasteiger charge is 2.51. The Hall–Kier alpha value is -1.48. The predicted octanol–water partition coefficient (Wildman–Crippen LogP) is -2.21. The van der Waals surface area contributed by atoms with Crippen LogP contribution in [0.4, 0.5) is 5.82 Å². The van der Waals surface area contributed by atoms with Crippen molar-refractivity contribution < 1.29 is 14.9 Å². The summed E-state index contributed by atoms with van der Waals surface area (Å²) in [5.74, 6) is 0.0900. The highest BCUT2D eigenvalue weighted by Crippen LogP contribution is 2.35. The van der Waals surface area contributed by atoms with Gasteiger partial charge in [-0.3, -0.25) is 4.57 Å². The van der Waals surface area contributed by atoms with Gasteiger partial charge in [-0.2, -0.15) is 4.98 Å². The zero-order chi connectivity index (χ0) is 13.5. The summed E-state index contributed by atoms with van der Waals surface area (Å²) >= 11 is 0. The van der Waals surface area contributed by atoms with Gasteiger partial charge in [0.25, 0.3) is 0 Å². The average Bonchev–Trinajstić information content (AvgIpc) is 2.52. The van der Waals surface area contributed by atoms with E-state index in [0.29, 0.717) is 0 Å². The van der Waals surface area contributed by atoms with Gasteiger partial charge < -0.3 is 26.4 Å². The van der Waals surface area contributed by atoms with E-state index in [1.807, 2.05) is 0 Å². The highest BCUT2D eigenvalue weighted by molar-refractivity contribution is 5.24. The van der Waals surface area contributed by atoms with Gasteiger partial charge in [0.15, 0.2) is 6.23 Å². The molecule has 0 spiro atoms. The lowest BCUT2D eigenvalue weighted by atomic mass is 9.93. The van der Waals surface area contributed by atoms with Gasteiger partial charge in [0.1, 0.15) is 18.0 Å². The molecule has 1 aromatic rings. The maximum atomic E-state index is 11.7. The fourth-order valence-electron chi connectivity index (χ4n) is 2.05. The van der Waals surface area contributed by atoms with Crippen LogP contribution in [0.2, 0.25) is 0 Å². The zero-order valence-corrected chi connectivity index (χ0v) is 9.85. The molecule has 8 heteroatoms. The monoisotopic (exact) mass is 256 g/mol. The minimum Gasteiger partial charge on any atom is -0.394 e. The fourth-order valence-corrected chi connectivity index (χ4v) is 2.05. The van der Waals surface area contributed by atoms with Crippen molar-refractivity contribution in [3.8, 4) is 0 Å². The van der Waals surface area contributed by atoms with Crippen LogP contribution in [0.5, 0.6) is 0 Å². The third kappa shape index (κ3) is 1.89. The third-order valence-corrected chi connectivity index (χ3v) is 3.11. The summed E-state index contributed by atoms with van der Waals surface area (Å²) in [7, 11) is 0. The van der Waals surface area contributed by atoms with Crippen LogP contribution in [0.15, 0.2) is 17.1 Å². The second-order valence-electron chi connectivity index (χ2n) is 4.56. The lowest BCUT2D eigenvalue weighted by Gasteiger charge is -2.28. The molecular weight excluding hydrogens is 240 g/mol. The number of hydrogen-bond acceptors (Lipinski definition) is 7.